The number of hydrogen-bond acceptors (Lipinski definition) is 6. The third-order valence-corrected chi connectivity index (χ3v) is 5.79. The average molecular weight is 479 g/mol. The van der Waals surface area contributed by atoms with Crippen molar-refractivity contribution < 1.29 is 19.1 Å². The summed E-state index contributed by atoms with van der Waals surface area (Å²) < 4.78 is 5.80. The fourth-order valence-corrected chi connectivity index (χ4v) is 3.68. The molecule has 0 aliphatic carbocycles. The molecule has 0 fully saturated rings. The number of carbonyl (C=O) groups is 2. The number of likely N-dealkylation sites (N-methyl/N-ethyl adjacent to an activating group) is 1. The fraction of sp³-hybridized carbons (Fsp3) is 0.200. The second-order valence-electron chi connectivity index (χ2n) is 8.00. The molecule has 0 aliphatic heterocycles. The number of carbonyl (C=O) groups excluding carboxylic acids is 1. The molecule has 34 heavy (non-hydrogen) atoms. The van der Waals surface area contributed by atoms with Crippen molar-refractivity contribution in [1.82, 2.24) is 9.97 Å². The molecule has 1 unspecified atom stereocenters. The van der Waals surface area contributed by atoms with Crippen molar-refractivity contribution in [2.45, 2.75) is 25.7 Å². The van der Waals surface area contributed by atoms with Gasteiger partial charge in [0.15, 0.2) is 5.58 Å². The number of anilines is 3. The quantitative estimate of drug-likeness (QED) is 0.349. The number of nitrogens with zero attached hydrogens (tertiary/aromatic N) is 3. The Labute approximate surface area is 201 Å². The topological polar surface area (TPSA) is 109 Å². The number of para-hydroxylation sites is 1. The van der Waals surface area contributed by atoms with Crippen molar-refractivity contribution in [3.63, 3.8) is 0 Å². The first-order valence-electron chi connectivity index (χ1n) is 10.7. The van der Waals surface area contributed by atoms with Gasteiger partial charge in [-0.05, 0) is 47.4 Å². The van der Waals surface area contributed by atoms with Crippen LogP contribution in [0.4, 0.5) is 17.5 Å². The summed E-state index contributed by atoms with van der Waals surface area (Å²) in [5, 5.41) is 12.6. The third-order valence-electron chi connectivity index (χ3n) is 5.46. The summed E-state index contributed by atoms with van der Waals surface area (Å²) in [5.74, 6) is -0.680. The SMILES string of the molecule is CC(CC(=O)O)c1ccc(N(C)C(=O)Cc2ccc3nc(Nc4ccccc4Cl)oc3c2)nc1. The van der Waals surface area contributed by atoms with E-state index in [-0.39, 0.29) is 24.7 Å². The maximum atomic E-state index is 12.8. The Hall–Kier alpha value is -3.91. The van der Waals surface area contributed by atoms with Gasteiger partial charge in [0, 0.05) is 13.2 Å². The minimum Gasteiger partial charge on any atom is -0.481 e. The lowest BCUT2D eigenvalue weighted by atomic mass is 10.00. The molecule has 0 bridgehead atoms. The van der Waals surface area contributed by atoms with Crippen molar-refractivity contribution in [2.75, 3.05) is 17.3 Å². The van der Waals surface area contributed by atoms with Crippen molar-refractivity contribution in [3.05, 3.63) is 76.9 Å². The van der Waals surface area contributed by atoms with Crippen molar-refractivity contribution >= 4 is 52.1 Å². The van der Waals surface area contributed by atoms with Gasteiger partial charge in [0.1, 0.15) is 11.3 Å². The molecule has 2 aromatic heterocycles. The molecule has 0 spiro atoms. The van der Waals surface area contributed by atoms with Gasteiger partial charge in [0.2, 0.25) is 5.91 Å². The number of nitrogens with one attached hydrogen (secondary N) is 1. The highest BCUT2D eigenvalue weighted by Crippen LogP contribution is 2.27. The van der Waals surface area contributed by atoms with E-state index in [0.717, 1.165) is 11.1 Å². The van der Waals surface area contributed by atoms with E-state index in [0.29, 0.717) is 33.6 Å². The Bertz CT molecular complexity index is 1340. The zero-order valence-corrected chi connectivity index (χ0v) is 19.4. The van der Waals surface area contributed by atoms with Crippen LogP contribution in [0.5, 0.6) is 0 Å². The standard InChI is InChI=1S/C25H23ClN4O4/c1-15(11-24(32)33)17-8-10-22(27-14-17)30(2)23(31)13-16-7-9-20-21(12-16)34-25(29-20)28-19-6-4-3-5-18(19)26/h3-10,12,14-15H,11,13H2,1-2H3,(H,28,29)(H,32,33). The van der Waals surface area contributed by atoms with E-state index in [1.807, 2.05) is 31.2 Å². The zero-order chi connectivity index (χ0) is 24.2. The lowest BCUT2D eigenvalue weighted by Gasteiger charge is -2.17. The molecule has 174 valence electrons. The molecular weight excluding hydrogens is 456 g/mol. The molecule has 9 heteroatoms. The van der Waals surface area contributed by atoms with E-state index in [1.165, 1.54) is 4.90 Å². The second-order valence-corrected chi connectivity index (χ2v) is 8.41. The number of aliphatic carboxylic acids is 1. The fourth-order valence-electron chi connectivity index (χ4n) is 3.50. The average Bonchev–Trinajstić information content (AvgIpc) is 3.21. The highest BCUT2D eigenvalue weighted by Gasteiger charge is 2.16. The van der Waals surface area contributed by atoms with Crippen LogP contribution < -0.4 is 10.2 Å². The highest BCUT2D eigenvalue weighted by atomic mass is 35.5. The van der Waals surface area contributed by atoms with E-state index in [4.69, 9.17) is 21.1 Å². The van der Waals surface area contributed by atoms with Gasteiger partial charge in [-0.1, -0.05) is 42.8 Å². The molecule has 1 amide bonds. The van der Waals surface area contributed by atoms with Crippen LogP contribution in [0.3, 0.4) is 0 Å². The first-order chi connectivity index (χ1) is 16.3. The van der Waals surface area contributed by atoms with Crippen molar-refractivity contribution in [2.24, 2.45) is 0 Å². The summed E-state index contributed by atoms with van der Waals surface area (Å²) >= 11 is 6.18. The second kappa shape index (κ2) is 9.93. The lowest BCUT2D eigenvalue weighted by Crippen LogP contribution is -2.28. The summed E-state index contributed by atoms with van der Waals surface area (Å²) in [5.41, 5.74) is 3.48. The Balaban J connectivity index is 1.44. The van der Waals surface area contributed by atoms with Crippen molar-refractivity contribution in [1.29, 1.82) is 0 Å². The summed E-state index contributed by atoms with van der Waals surface area (Å²) in [6, 6.07) is 16.5. The molecular formula is C25H23ClN4O4. The number of carboxylic acid groups (broad SMARTS) is 1. The summed E-state index contributed by atoms with van der Waals surface area (Å²) in [7, 11) is 1.66. The van der Waals surface area contributed by atoms with Gasteiger partial charge < -0.3 is 14.8 Å². The van der Waals surface area contributed by atoms with E-state index in [1.54, 1.807) is 43.6 Å². The predicted molar refractivity (Wildman–Crippen MR) is 131 cm³/mol. The van der Waals surface area contributed by atoms with Gasteiger partial charge in [0.25, 0.3) is 6.01 Å². The van der Waals surface area contributed by atoms with E-state index < -0.39 is 5.97 Å². The van der Waals surface area contributed by atoms with Crippen LogP contribution >= 0.6 is 11.6 Å². The third kappa shape index (κ3) is 5.35. The summed E-state index contributed by atoms with van der Waals surface area (Å²) in [4.78, 5) is 34.0. The predicted octanol–water partition coefficient (Wildman–Crippen LogP) is 5.40. The number of carboxylic acids is 1. The van der Waals surface area contributed by atoms with Crippen LogP contribution in [0, 0.1) is 0 Å². The number of halogens is 1. The first kappa shape index (κ1) is 23.3. The maximum absolute atomic E-state index is 12.8. The molecule has 0 saturated heterocycles. The molecule has 1 atom stereocenters. The summed E-state index contributed by atoms with van der Waals surface area (Å²) in [6.45, 7) is 1.83. The number of rotatable bonds is 8. The molecule has 0 saturated carbocycles. The molecule has 8 nitrogen and oxygen atoms in total. The molecule has 0 aliphatic rings. The van der Waals surface area contributed by atoms with Crippen LogP contribution in [-0.2, 0) is 16.0 Å². The lowest BCUT2D eigenvalue weighted by molar-refractivity contribution is -0.137. The Kier molecular flexibility index (Phi) is 6.79. The molecule has 2 aromatic carbocycles. The van der Waals surface area contributed by atoms with E-state index >= 15 is 0 Å². The minimum absolute atomic E-state index is 0.0233. The number of hydrogen-bond donors (Lipinski definition) is 2. The molecule has 2 N–H and O–H groups in total. The Morgan fingerprint density at radius 3 is 2.68 bits per heavy atom. The van der Waals surface area contributed by atoms with E-state index in [2.05, 4.69) is 15.3 Å². The van der Waals surface area contributed by atoms with Gasteiger partial charge in [-0.2, -0.15) is 4.98 Å². The number of pyridine rings is 1. The van der Waals surface area contributed by atoms with Gasteiger partial charge >= 0.3 is 5.97 Å². The van der Waals surface area contributed by atoms with Gasteiger partial charge in [-0.15, -0.1) is 0 Å². The van der Waals surface area contributed by atoms with Gasteiger partial charge in [-0.25, -0.2) is 4.98 Å². The first-order valence-corrected chi connectivity index (χ1v) is 11.0. The zero-order valence-electron chi connectivity index (χ0n) is 18.7. The number of benzene rings is 2. The number of amides is 1. The largest absolute Gasteiger partial charge is 0.481 e. The van der Waals surface area contributed by atoms with Crippen LogP contribution in [-0.4, -0.2) is 34.0 Å². The smallest absolute Gasteiger partial charge is 0.303 e. The normalized spacial score (nSPS) is 11.9. The van der Waals surface area contributed by atoms with Crippen LogP contribution in [0.2, 0.25) is 5.02 Å². The van der Waals surface area contributed by atoms with Crippen molar-refractivity contribution in [3.8, 4) is 0 Å². The summed E-state index contributed by atoms with van der Waals surface area (Å²) in [6.07, 6.45) is 1.79. The maximum Gasteiger partial charge on any atom is 0.303 e. The Morgan fingerprint density at radius 1 is 1.18 bits per heavy atom. The highest BCUT2D eigenvalue weighted by molar-refractivity contribution is 6.33. The number of aromatic nitrogens is 2. The molecule has 4 aromatic rings. The van der Waals surface area contributed by atoms with E-state index in [9.17, 15) is 9.59 Å². The molecule has 4 rings (SSSR count). The number of oxazole rings is 1. The molecule has 2 heterocycles. The molecule has 0 radical (unpaired) electrons. The number of fused-ring (bicyclic) bond motifs is 1. The van der Waals surface area contributed by atoms with Gasteiger partial charge in [-0.3, -0.25) is 14.5 Å². The minimum atomic E-state index is -0.862. The van der Waals surface area contributed by atoms with Crippen LogP contribution in [0.1, 0.15) is 30.4 Å². The van der Waals surface area contributed by atoms with Crippen LogP contribution in [0.15, 0.2) is 65.2 Å². The van der Waals surface area contributed by atoms with Crippen LogP contribution in [0.25, 0.3) is 11.1 Å². The Morgan fingerprint density at radius 2 is 1.97 bits per heavy atom. The van der Waals surface area contributed by atoms with Gasteiger partial charge in [0.05, 0.1) is 23.6 Å². The monoisotopic (exact) mass is 478 g/mol.